The zero-order valence-corrected chi connectivity index (χ0v) is 14.3. The highest BCUT2D eigenvalue weighted by Gasteiger charge is 2.43. The number of rotatable bonds is 5. The van der Waals surface area contributed by atoms with Crippen LogP contribution in [-0.2, 0) is 9.59 Å². The number of nitrogens with zero attached hydrogens (tertiary/aromatic N) is 2. The molecule has 128 valence electrons. The first-order chi connectivity index (χ1) is 11.2. The van der Waals surface area contributed by atoms with E-state index in [2.05, 4.69) is 15.8 Å². The van der Waals surface area contributed by atoms with Crippen LogP contribution in [0.15, 0.2) is 23.3 Å². The molecule has 4 amide bonds. The number of carbonyl (C=O) groups excluding carboxylic acids is 3. The first kappa shape index (κ1) is 17.7. The summed E-state index contributed by atoms with van der Waals surface area (Å²) in [5.74, 6) is -0.694. The second kappa shape index (κ2) is 6.82. The van der Waals surface area contributed by atoms with E-state index in [0.717, 1.165) is 21.6 Å². The van der Waals surface area contributed by atoms with Gasteiger partial charge in [0.15, 0.2) is 0 Å². The molecule has 2 rings (SSSR count). The van der Waals surface area contributed by atoms with Crippen molar-refractivity contribution in [2.24, 2.45) is 5.10 Å². The predicted molar refractivity (Wildman–Crippen MR) is 90.6 cm³/mol. The molecule has 0 unspecified atom stereocenters. The minimum Gasteiger partial charge on any atom is -0.324 e. The van der Waals surface area contributed by atoms with Crippen LogP contribution in [0.3, 0.4) is 0 Å². The van der Waals surface area contributed by atoms with Crippen LogP contribution in [0.5, 0.6) is 0 Å². The molecule has 1 aromatic rings. The van der Waals surface area contributed by atoms with Crippen molar-refractivity contribution in [2.45, 2.75) is 39.7 Å². The van der Waals surface area contributed by atoms with Gasteiger partial charge in [0.1, 0.15) is 5.54 Å². The monoisotopic (exact) mass is 330 g/mol. The maximum Gasteiger partial charge on any atom is 0.325 e. The normalized spacial score (nSPS) is 16.6. The molecule has 2 N–H and O–H groups in total. The van der Waals surface area contributed by atoms with E-state index >= 15 is 0 Å². The van der Waals surface area contributed by atoms with Crippen LogP contribution in [0.2, 0.25) is 0 Å². The van der Waals surface area contributed by atoms with Gasteiger partial charge in [-0.2, -0.15) is 5.10 Å². The van der Waals surface area contributed by atoms with Crippen molar-refractivity contribution >= 4 is 24.1 Å². The summed E-state index contributed by atoms with van der Waals surface area (Å²) >= 11 is 0. The Kier molecular flexibility index (Phi) is 5.02. The molecule has 1 aromatic carbocycles. The predicted octanol–water partition coefficient (Wildman–Crippen LogP) is 1.47. The van der Waals surface area contributed by atoms with Crippen molar-refractivity contribution < 1.29 is 14.4 Å². The number of hydrogen-bond acceptors (Lipinski definition) is 4. The Morgan fingerprint density at radius 2 is 2.04 bits per heavy atom. The molecule has 24 heavy (non-hydrogen) atoms. The molecule has 1 saturated heterocycles. The Hall–Kier alpha value is -2.70. The highest BCUT2D eigenvalue weighted by molar-refractivity contribution is 6.06. The second-order valence-corrected chi connectivity index (χ2v) is 6.42. The zero-order valence-electron chi connectivity index (χ0n) is 14.3. The number of benzene rings is 1. The third-order valence-electron chi connectivity index (χ3n) is 3.83. The summed E-state index contributed by atoms with van der Waals surface area (Å²) in [5.41, 5.74) is 4.62. The summed E-state index contributed by atoms with van der Waals surface area (Å²) in [5, 5.41) is 6.48. The smallest absolute Gasteiger partial charge is 0.324 e. The highest BCUT2D eigenvalue weighted by atomic mass is 16.2. The summed E-state index contributed by atoms with van der Waals surface area (Å²) in [6.45, 7) is 7.25. The zero-order chi connectivity index (χ0) is 17.9. The van der Waals surface area contributed by atoms with Gasteiger partial charge in [0.2, 0.25) is 5.91 Å². The topological polar surface area (TPSA) is 90.9 Å². The second-order valence-electron chi connectivity index (χ2n) is 6.42. The minimum absolute atomic E-state index is 0.000536. The Balaban J connectivity index is 1.85. The van der Waals surface area contributed by atoms with Gasteiger partial charge < -0.3 is 5.32 Å². The van der Waals surface area contributed by atoms with Gasteiger partial charge in [0.25, 0.3) is 5.91 Å². The molecule has 7 nitrogen and oxygen atoms in total. The number of carbonyl (C=O) groups is 3. The third kappa shape index (κ3) is 3.98. The van der Waals surface area contributed by atoms with Crippen LogP contribution in [-0.4, -0.2) is 41.0 Å². The summed E-state index contributed by atoms with van der Waals surface area (Å²) in [4.78, 5) is 36.6. The van der Waals surface area contributed by atoms with Crippen LogP contribution < -0.4 is 10.7 Å². The fourth-order valence-electron chi connectivity index (χ4n) is 2.43. The quantitative estimate of drug-likeness (QED) is 0.487. The lowest BCUT2D eigenvalue weighted by molar-refractivity contribution is -0.130. The first-order valence-electron chi connectivity index (χ1n) is 7.74. The molecular weight excluding hydrogens is 308 g/mol. The lowest BCUT2D eigenvalue weighted by atomic mass is 10.1. The largest absolute Gasteiger partial charge is 0.325 e. The molecular formula is C17H22N4O3. The van der Waals surface area contributed by atoms with Gasteiger partial charge in [0.05, 0.1) is 6.21 Å². The number of urea groups is 1. The fourth-order valence-corrected chi connectivity index (χ4v) is 2.43. The maximum atomic E-state index is 12.0. The molecule has 7 heteroatoms. The van der Waals surface area contributed by atoms with E-state index < -0.39 is 11.6 Å². The fraction of sp³-hybridized carbons (Fsp3) is 0.412. The van der Waals surface area contributed by atoms with E-state index in [-0.39, 0.29) is 24.8 Å². The minimum atomic E-state index is -0.922. The van der Waals surface area contributed by atoms with Crippen LogP contribution in [0.1, 0.15) is 37.0 Å². The molecule has 0 radical (unpaired) electrons. The van der Waals surface area contributed by atoms with E-state index in [0.29, 0.717) is 0 Å². The number of aryl methyl sites for hydroxylation is 2. The Morgan fingerprint density at radius 1 is 1.33 bits per heavy atom. The Bertz CT molecular complexity index is 710. The summed E-state index contributed by atoms with van der Waals surface area (Å²) in [7, 11) is 0. The molecule has 1 aliphatic heterocycles. The number of hydrogen-bond donors (Lipinski definition) is 2. The molecule has 1 heterocycles. The van der Waals surface area contributed by atoms with Crippen LogP contribution in [0, 0.1) is 13.8 Å². The van der Waals surface area contributed by atoms with Crippen molar-refractivity contribution in [1.29, 1.82) is 0 Å². The van der Waals surface area contributed by atoms with E-state index in [1.54, 1.807) is 20.1 Å². The van der Waals surface area contributed by atoms with E-state index in [4.69, 9.17) is 0 Å². The van der Waals surface area contributed by atoms with Crippen molar-refractivity contribution in [2.75, 3.05) is 6.54 Å². The molecule has 1 aliphatic rings. The lowest BCUT2D eigenvalue weighted by Crippen LogP contribution is -2.40. The summed E-state index contributed by atoms with van der Waals surface area (Å²) in [6, 6.07) is 5.45. The average molecular weight is 330 g/mol. The third-order valence-corrected chi connectivity index (χ3v) is 3.83. The van der Waals surface area contributed by atoms with E-state index in [1.165, 1.54) is 0 Å². The number of hydrazone groups is 1. The lowest BCUT2D eigenvalue weighted by Gasteiger charge is -2.15. The van der Waals surface area contributed by atoms with Gasteiger partial charge in [-0.25, -0.2) is 10.2 Å². The molecule has 0 aliphatic carbocycles. The van der Waals surface area contributed by atoms with Crippen molar-refractivity contribution in [3.05, 3.63) is 34.9 Å². The Labute approximate surface area is 141 Å². The van der Waals surface area contributed by atoms with E-state index in [9.17, 15) is 14.4 Å². The molecule has 0 spiro atoms. The van der Waals surface area contributed by atoms with Crippen LogP contribution in [0.4, 0.5) is 4.79 Å². The average Bonchev–Trinajstić information content (AvgIpc) is 2.68. The van der Waals surface area contributed by atoms with Crippen LogP contribution >= 0.6 is 0 Å². The Morgan fingerprint density at radius 3 is 2.62 bits per heavy atom. The first-order valence-corrected chi connectivity index (χ1v) is 7.74. The number of imide groups is 1. The van der Waals surface area contributed by atoms with Crippen molar-refractivity contribution in [1.82, 2.24) is 15.6 Å². The molecule has 0 bridgehead atoms. The van der Waals surface area contributed by atoms with Crippen molar-refractivity contribution in [3.63, 3.8) is 0 Å². The molecule has 0 aromatic heterocycles. The maximum absolute atomic E-state index is 12.0. The van der Waals surface area contributed by atoms with Crippen molar-refractivity contribution in [3.8, 4) is 0 Å². The number of nitrogens with one attached hydrogen (secondary N) is 2. The van der Waals surface area contributed by atoms with Gasteiger partial charge in [-0.3, -0.25) is 14.5 Å². The molecule has 0 atom stereocenters. The molecule has 0 saturated carbocycles. The van der Waals surface area contributed by atoms with Gasteiger partial charge in [0, 0.05) is 13.0 Å². The van der Waals surface area contributed by atoms with E-state index in [1.807, 2.05) is 32.0 Å². The summed E-state index contributed by atoms with van der Waals surface area (Å²) in [6.07, 6.45) is 1.57. The van der Waals surface area contributed by atoms with Gasteiger partial charge in [-0.1, -0.05) is 23.8 Å². The van der Waals surface area contributed by atoms with Gasteiger partial charge >= 0.3 is 6.03 Å². The standard InChI is InChI=1S/C17H22N4O3/c1-11-5-6-13(12(2)9-11)10-18-20-14(22)7-8-21-15(23)17(3,4)19-16(21)24/h5-6,9-10H,7-8H2,1-4H3,(H,19,24)(H,20,22)/b18-10-. The number of amides is 4. The van der Waals surface area contributed by atoms with Crippen LogP contribution in [0.25, 0.3) is 0 Å². The SMILES string of the molecule is Cc1ccc(/C=N\NC(=O)CCN2C(=O)NC(C)(C)C2=O)c(C)c1. The molecule has 1 fully saturated rings. The van der Waals surface area contributed by atoms with Gasteiger partial charge in [-0.15, -0.1) is 0 Å². The summed E-state index contributed by atoms with van der Waals surface area (Å²) < 4.78 is 0. The highest BCUT2D eigenvalue weighted by Crippen LogP contribution is 2.16. The van der Waals surface area contributed by atoms with Gasteiger partial charge in [-0.05, 0) is 38.8 Å².